The Morgan fingerprint density at radius 3 is 2.65 bits per heavy atom. The predicted octanol–water partition coefficient (Wildman–Crippen LogP) is 4.78. The largest absolute Gasteiger partial charge is 0.508 e. The van der Waals surface area contributed by atoms with Gasteiger partial charge in [-0.25, -0.2) is 9.18 Å². The highest BCUT2D eigenvalue weighted by Gasteiger charge is 2.41. The minimum atomic E-state index is -2.09. The van der Waals surface area contributed by atoms with Crippen LogP contribution in [0.15, 0.2) is 73.3 Å². The number of hydrogen-bond donors (Lipinski definition) is 3. The van der Waals surface area contributed by atoms with Gasteiger partial charge in [-0.1, -0.05) is 43.8 Å². The lowest BCUT2D eigenvalue weighted by molar-refractivity contribution is -0.129. The van der Waals surface area contributed by atoms with E-state index in [1.165, 1.54) is 12.1 Å². The molecule has 1 aliphatic rings. The Kier molecular flexibility index (Phi) is 6.22. The van der Waals surface area contributed by atoms with Gasteiger partial charge in [-0.3, -0.25) is 4.79 Å². The van der Waals surface area contributed by atoms with Crippen molar-refractivity contribution in [2.24, 2.45) is 0 Å². The number of rotatable bonds is 7. The zero-order valence-corrected chi connectivity index (χ0v) is 18.5. The number of hydrogen-bond acceptors (Lipinski definition) is 5. The van der Waals surface area contributed by atoms with Crippen LogP contribution in [-0.2, 0) is 16.1 Å². The van der Waals surface area contributed by atoms with Crippen LogP contribution in [0, 0.1) is 5.82 Å². The summed E-state index contributed by atoms with van der Waals surface area (Å²) in [5.41, 5.74) is 0.327. The van der Waals surface area contributed by atoms with E-state index in [-0.39, 0.29) is 29.9 Å². The molecule has 1 aliphatic heterocycles. The van der Waals surface area contributed by atoms with E-state index in [1.807, 2.05) is 0 Å². The smallest absolute Gasteiger partial charge is 0.338 e. The molecule has 6 nitrogen and oxygen atoms in total. The fraction of sp³-hybridized carbons (Fsp3) is 0.185. The number of carbonyl (C=O) groups excluding carboxylic acids is 2. The average molecular weight is 461 g/mol. The standard InChI is InChI=1S/C27H24FNO5/c1-16(23-13-20(28)8-11-24(23)30)14-27(33,17(2)18-6-4-3-5-7-18)26(32)29-21-9-10-22-19(12-21)15-34-25(22)31/h3-13,16,30,33H,2,14-15H2,1H3,(H,29,32). The summed E-state index contributed by atoms with van der Waals surface area (Å²) >= 11 is 0. The van der Waals surface area contributed by atoms with Gasteiger partial charge in [0.25, 0.3) is 5.91 Å². The highest BCUT2D eigenvalue weighted by molar-refractivity contribution is 6.06. The van der Waals surface area contributed by atoms with Gasteiger partial charge in [0.1, 0.15) is 18.2 Å². The second-order valence-corrected chi connectivity index (χ2v) is 8.42. The molecule has 7 heteroatoms. The lowest BCUT2D eigenvalue weighted by Gasteiger charge is -2.32. The van der Waals surface area contributed by atoms with Crippen molar-refractivity contribution in [1.29, 1.82) is 0 Å². The Labute approximate surface area is 196 Å². The van der Waals surface area contributed by atoms with Gasteiger partial charge in [-0.05, 0) is 65.4 Å². The number of halogens is 1. The summed E-state index contributed by atoms with van der Waals surface area (Å²) in [6.07, 6.45) is -0.171. The van der Waals surface area contributed by atoms with E-state index in [2.05, 4.69) is 11.9 Å². The number of amides is 1. The molecular weight excluding hydrogens is 437 g/mol. The summed E-state index contributed by atoms with van der Waals surface area (Å²) in [4.78, 5) is 25.2. The van der Waals surface area contributed by atoms with Crippen LogP contribution in [0.4, 0.5) is 10.1 Å². The van der Waals surface area contributed by atoms with Crippen LogP contribution in [0.1, 0.15) is 46.3 Å². The topological polar surface area (TPSA) is 95.9 Å². The molecule has 2 unspecified atom stereocenters. The Morgan fingerprint density at radius 2 is 1.91 bits per heavy atom. The zero-order valence-electron chi connectivity index (χ0n) is 18.5. The maximum Gasteiger partial charge on any atom is 0.338 e. The quantitative estimate of drug-likeness (QED) is 0.440. The van der Waals surface area contributed by atoms with Gasteiger partial charge in [-0.15, -0.1) is 0 Å². The molecule has 3 aromatic rings. The summed E-state index contributed by atoms with van der Waals surface area (Å²) in [6, 6.07) is 17.1. The first-order valence-corrected chi connectivity index (χ1v) is 10.8. The minimum Gasteiger partial charge on any atom is -0.508 e. The molecule has 0 aliphatic carbocycles. The van der Waals surface area contributed by atoms with E-state index in [0.717, 1.165) is 6.07 Å². The van der Waals surface area contributed by atoms with Crippen molar-refractivity contribution in [2.45, 2.75) is 31.5 Å². The first kappa shape index (κ1) is 23.2. The molecule has 34 heavy (non-hydrogen) atoms. The van der Waals surface area contributed by atoms with Crippen molar-refractivity contribution in [3.63, 3.8) is 0 Å². The summed E-state index contributed by atoms with van der Waals surface area (Å²) in [6.45, 7) is 5.79. The number of esters is 1. The van der Waals surface area contributed by atoms with Crippen molar-refractivity contribution in [3.05, 3.63) is 101 Å². The molecule has 0 saturated carbocycles. The number of cyclic esters (lactones) is 1. The number of anilines is 1. The van der Waals surface area contributed by atoms with Gasteiger partial charge >= 0.3 is 5.97 Å². The number of carbonyl (C=O) groups is 2. The fourth-order valence-electron chi connectivity index (χ4n) is 4.15. The molecule has 0 bridgehead atoms. The number of benzene rings is 3. The number of aromatic hydroxyl groups is 1. The lowest BCUT2D eigenvalue weighted by Crippen LogP contribution is -2.45. The fourth-order valence-corrected chi connectivity index (χ4v) is 4.15. The van der Waals surface area contributed by atoms with Crippen molar-refractivity contribution >= 4 is 23.1 Å². The second-order valence-electron chi connectivity index (χ2n) is 8.42. The molecule has 1 amide bonds. The van der Waals surface area contributed by atoms with Gasteiger partial charge in [0, 0.05) is 11.3 Å². The molecular formula is C27H24FNO5. The van der Waals surface area contributed by atoms with Crippen LogP contribution in [-0.4, -0.2) is 27.7 Å². The molecule has 4 rings (SSSR count). The number of phenols is 1. The third-order valence-corrected chi connectivity index (χ3v) is 6.06. The van der Waals surface area contributed by atoms with Gasteiger partial charge in [0.15, 0.2) is 5.60 Å². The summed E-state index contributed by atoms with van der Waals surface area (Å²) in [5, 5.41) is 24.7. The number of ether oxygens (including phenoxy) is 1. The Morgan fingerprint density at radius 1 is 1.18 bits per heavy atom. The van der Waals surface area contributed by atoms with Crippen molar-refractivity contribution < 1.29 is 28.9 Å². The molecule has 0 fully saturated rings. The first-order valence-electron chi connectivity index (χ1n) is 10.8. The van der Waals surface area contributed by atoms with Gasteiger partial charge in [0.05, 0.1) is 5.56 Å². The summed E-state index contributed by atoms with van der Waals surface area (Å²) in [7, 11) is 0. The summed E-state index contributed by atoms with van der Waals surface area (Å²) in [5.74, 6) is -2.44. The maximum absolute atomic E-state index is 13.8. The molecule has 0 radical (unpaired) electrons. The van der Waals surface area contributed by atoms with Crippen LogP contribution in [0.2, 0.25) is 0 Å². The third-order valence-electron chi connectivity index (χ3n) is 6.06. The van der Waals surface area contributed by atoms with Gasteiger partial charge < -0.3 is 20.3 Å². The minimum absolute atomic E-state index is 0.106. The van der Waals surface area contributed by atoms with Crippen LogP contribution in [0.25, 0.3) is 5.57 Å². The average Bonchev–Trinajstić information content (AvgIpc) is 3.20. The van der Waals surface area contributed by atoms with Crippen LogP contribution < -0.4 is 5.32 Å². The van der Waals surface area contributed by atoms with Gasteiger partial charge in [0.2, 0.25) is 0 Å². The maximum atomic E-state index is 13.8. The zero-order chi connectivity index (χ0) is 24.5. The lowest BCUT2D eigenvalue weighted by atomic mass is 9.79. The van der Waals surface area contributed by atoms with E-state index >= 15 is 0 Å². The monoisotopic (exact) mass is 461 g/mol. The van der Waals surface area contributed by atoms with Crippen LogP contribution in [0.3, 0.4) is 0 Å². The van der Waals surface area contributed by atoms with E-state index < -0.39 is 29.2 Å². The highest BCUT2D eigenvalue weighted by Crippen LogP contribution is 2.38. The van der Waals surface area contributed by atoms with E-state index in [0.29, 0.717) is 22.4 Å². The number of aliphatic hydroxyl groups is 1. The second kappa shape index (κ2) is 9.11. The third kappa shape index (κ3) is 4.43. The SMILES string of the molecule is C=C(c1ccccc1)C(O)(CC(C)c1cc(F)ccc1O)C(=O)Nc1ccc2c(c1)COC2=O. The Bertz CT molecular complexity index is 1270. The highest BCUT2D eigenvalue weighted by atomic mass is 19.1. The van der Waals surface area contributed by atoms with Gasteiger partial charge in [-0.2, -0.15) is 0 Å². The molecule has 0 spiro atoms. The van der Waals surface area contributed by atoms with E-state index in [9.17, 15) is 24.2 Å². The molecule has 1 heterocycles. The predicted molar refractivity (Wildman–Crippen MR) is 126 cm³/mol. The normalized spacial score (nSPS) is 15.1. The molecule has 0 saturated heterocycles. The van der Waals surface area contributed by atoms with Crippen molar-refractivity contribution in [2.75, 3.05) is 5.32 Å². The number of phenolic OH excluding ortho intramolecular Hbond substituents is 1. The van der Waals surface area contributed by atoms with Crippen LogP contribution in [0.5, 0.6) is 5.75 Å². The summed E-state index contributed by atoms with van der Waals surface area (Å²) < 4.78 is 18.8. The molecule has 3 N–H and O–H groups in total. The van der Waals surface area contributed by atoms with Crippen molar-refractivity contribution in [3.8, 4) is 5.75 Å². The first-order chi connectivity index (χ1) is 16.2. The Hall–Kier alpha value is -3.97. The number of fused-ring (bicyclic) bond motifs is 1. The van der Waals surface area contributed by atoms with Crippen LogP contribution >= 0.6 is 0 Å². The molecule has 0 aromatic heterocycles. The number of nitrogens with one attached hydrogen (secondary N) is 1. The molecule has 174 valence electrons. The Balaban J connectivity index is 1.67. The van der Waals surface area contributed by atoms with E-state index in [4.69, 9.17) is 4.74 Å². The van der Waals surface area contributed by atoms with Crippen molar-refractivity contribution in [1.82, 2.24) is 0 Å². The molecule has 2 atom stereocenters. The van der Waals surface area contributed by atoms with E-state index in [1.54, 1.807) is 55.5 Å². The molecule has 3 aromatic carbocycles.